The molecule has 5 atom stereocenters. The van der Waals surface area contributed by atoms with Gasteiger partial charge in [0.1, 0.15) is 11.7 Å². The molecule has 0 saturated carbocycles. The zero-order chi connectivity index (χ0) is 19.0. The number of ketones is 1. The van der Waals surface area contributed by atoms with Gasteiger partial charge >= 0.3 is 5.97 Å². The molecule has 0 amide bonds. The highest BCUT2D eigenvalue weighted by Gasteiger charge is 2.54. The first-order chi connectivity index (χ1) is 13.0. The summed E-state index contributed by atoms with van der Waals surface area (Å²) >= 11 is 0. The molecule has 0 aromatic heterocycles. The molecule has 1 saturated heterocycles. The van der Waals surface area contributed by atoms with Gasteiger partial charge in [0.05, 0.1) is 11.7 Å². The summed E-state index contributed by atoms with van der Waals surface area (Å²) in [5.41, 5.74) is 1.09. The van der Waals surface area contributed by atoms with Crippen molar-refractivity contribution in [3.8, 4) is 0 Å². The van der Waals surface area contributed by atoms with E-state index in [1.165, 1.54) is 5.57 Å². The highest BCUT2D eigenvalue weighted by molar-refractivity contribution is 5.91. The van der Waals surface area contributed by atoms with Gasteiger partial charge in [-0.3, -0.25) is 4.79 Å². The number of hydrogen-bond donors (Lipinski definition) is 0. The van der Waals surface area contributed by atoms with Gasteiger partial charge in [0.2, 0.25) is 0 Å². The molecule has 2 heterocycles. The van der Waals surface area contributed by atoms with Crippen molar-refractivity contribution in [2.45, 2.75) is 57.3 Å². The van der Waals surface area contributed by atoms with Crippen molar-refractivity contribution in [2.75, 3.05) is 0 Å². The van der Waals surface area contributed by atoms with E-state index in [9.17, 15) is 9.59 Å². The number of carbonyl (C=O) groups excluding carboxylic acids is 2. The van der Waals surface area contributed by atoms with Gasteiger partial charge in [-0.05, 0) is 51.3 Å². The standard InChI is InChI=1S/C23H26O4/c1-15-7-6-12-23(2,27-22(25)16-8-4-3-5-9-16)21-18-11-10-17(24)14-19(18)20(13-15)26-21/h3-5,7-11,18-21H,6,12-14H2,1-2H3/b15-7-/t18-,19+,20-,21-,23-/m1/s1. The molecule has 0 spiro atoms. The van der Waals surface area contributed by atoms with Gasteiger partial charge < -0.3 is 9.47 Å². The highest BCUT2D eigenvalue weighted by atomic mass is 16.6. The molecule has 4 nitrogen and oxygen atoms in total. The van der Waals surface area contributed by atoms with E-state index in [2.05, 4.69) is 13.0 Å². The lowest BCUT2D eigenvalue weighted by molar-refractivity contribution is -0.116. The minimum absolute atomic E-state index is 0.00185. The van der Waals surface area contributed by atoms with Crippen LogP contribution in [0.5, 0.6) is 0 Å². The number of ether oxygens (including phenoxy) is 2. The van der Waals surface area contributed by atoms with Crippen LogP contribution in [0.4, 0.5) is 0 Å². The normalized spacial score (nSPS) is 37.4. The number of esters is 1. The first-order valence-corrected chi connectivity index (χ1v) is 9.77. The van der Waals surface area contributed by atoms with Crippen LogP contribution in [-0.2, 0) is 14.3 Å². The van der Waals surface area contributed by atoms with Gasteiger partial charge in [0.15, 0.2) is 5.78 Å². The number of carbonyl (C=O) groups is 2. The van der Waals surface area contributed by atoms with Crippen LogP contribution >= 0.6 is 0 Å². The Kier molecular flexibility index (Phi) is 4.77. The van der Waals surface area contributed by atoms with Crippen molar-refractivity contribution in [3.63, 3.8) is 0 Å². The van der Waals surface area contributed by atoms with Gasteiger partial charge in [-0.2, -0.15) is 0 Å². The van der Waals surface area contributed by atoms with Crippen LogP contribution in [0, 0.1) is 11.8 Å². The smallest absolute Gasteiger partial charge is 0.338 e. The first kappa shape index (κ1) is 18.2. The molecule has 4 rings (SSSR count). The SMILES string of the molecule is C/C1=C/CC[C@@](C)(OC(=O)c2ccccc2)[C@@H]2O[C@H](C1)[C@H]1CC(=O)C=C[C@H]12. The van der Waals surface area contributed by atoms with Crippen LogP contribution in [0.1, 0.15) is 49.9 Å². The van der Waals surface area contributed by atoms with Crippen LogP contribution in [0.3, 0.4) is 0 Å². The van der Waals surface area contributed by atoms with E-state index in [0.29, 0.717) is 18.4 Å². The second-order valence-electron chi connectivity index (χ2n) is 8.23. The minimum Gasteiger partial charge on any atom is -0.453 e. The predicted octanol–water partition coefficient (Wildman–Crippen LogP) is 4.26. The van der Waals surface area contributed by atoms with Crippen LogP contribution in [0.15, 0.2) is 54.1 Å². The molecular weight excluding hydrogens is 340 g/mol. The Morgan fingerprint density at radius 3 is 2.78 bits per heavy atom. The molecule has 1 aromatic carbocycles. The maximum Gasteiger partial charge on any atom is 0.338 e. The summed E-state index contributed by atoms with van der Waals surface area (Å²) in [4.78, 5) is 24.8. The van der Waals surface area contributed by atoms with Crippen LogP contribution < -0.4 is 0 Å². The van der Waals surface area contributed by atoms with Gasteiger partial charge in [0.25, 0.3) is 0 Å². The second-order valence-corrected chi connectivity index (χ2v) is 8.23. The van der Waals surface area contributed by atoms with E-state index in [4.69, 9.17) is 9.47 Å². The average molecular weight is 366 g/mol. The molecule has 2 aliphatic heterocycles. The molecule has 1 aromatic rings. The van der Waals surface area contributed by atoms with E-state index in [0.717, 1.165) is 12.8 Å². The van der Waals surface area contributed by atoms with Gasteiger partial charge in [-0.15, -0.1) is 0 Å². The Balaban J connectivity index is 1.67. The Morgan fingerprint density at radius 1 is 1.22 bits per heavy atom. The number of allylic oxidation sites excluding steroid dienone is 2. The van der Waals surface area contributed by atoms with E-state index < -0.39 is 5.60 Å². The fourth-order valence-electron chi connectivity index (χ4n) is 4.73. The Labute approximate surface area is 160 Å². The van der Waals surface area contributed by atoms with Crippen LogP contribution in [0.2, 0.25) is 0 Å². The third kappa shape index (κ3) is 3.51. The lowest BCUT2D eigenvalue weighted by atomic mass is 9.73. The summed E-state index contributed by atoms with van der Waals surface area (Å²) in [7, 11) is 0. The third-order valence-corrected chi connectivity index (χ3v) is 6.18. The molecule has 4 heteroatoms. The topological polar surface area (TPSA) is 52.6 Å². The summed E-state index contributed by atoms with van der Waals surface area (Å²) in [6.07, 6.45) is 8.53. The number of fused-ring (bicyclic) bond motifs is 5. The summed E-state index contributed by atoms with van der Waals surface area (Å²) in [6, 6.07) is 9.09. The Bertz CT molecular complexity index is 794. The van der Waals surface area contributed by atoms with E-state index in [-0.39, 0.29) is 35.8 Å². The third-order valence-electron chi connectivity index (χ3n) is 6.18. The predicted molar refractivity (Wildman–Crippen MR) is 102 cm³/mol. The monoisotopic (exact) mass is 366 g/mol. The molecule has 2 bridgehead atoms. The summed E-state index contributed by atoms with van der Waals surface area (Å²) in [5, 5.41) is 0. The Morgan fingerprint density at radius 2 is 2.00 bits per heavy atom. The van der Waals surface area contributed by atoms with Crippen LogP contribution in [0.25, 0.3) is 0 Å². The number of rotatable bonds is 2. The highest BCUT2D eigenvalue weighted by Crippen LogP contribution is 2.47. The maximum atomic E-state index is 12.8. The molecule has 27 heavy (non-hydrogen) atoms. The summed E-state index contributed by atoms with van der Waals surface area (Å²) < 4.78 is 12.6. The van der Waals surface area contributed by atoms with Crippen molar-refractivity contribution >= 4 is 11.8 Å². The van der Waals surface area contributed by atoms with Crippen molar-refractivity contribution in [2.24, 2.45) is 11.8 Å². The Hall–Kier alpha value is -2.20. The summed E-state index contributed by atoms with van der Waals surface area (Å²) in [5.74, 6) is 0.0977. The lowest BCUT2D eigenvalue weighted by Gasteiger charge is -2.37. The van der Waals surface area contributed by atoms with Gasteiger partial charge in [0, 0.05) is 18.3 Å². The summed E-state index contributed by atoms with van der Waals surface area (Å²) in [6.45, 7) is 4.10. The average Bonchev–Trinajstić information content (AvgIpc) is 3.02. The van der Waals surface area contributed by atoms with Crippen molar-refractivity contribution < 1.29 is 19.1 Å². The quantitative estimate of drug-likeness (QED) is 0.580. The van der Waals surface area contributed by atoms with Crippen molar-refractivity contribution in [1.29, 1.82) is 0 Å². The van der Waals surface area contributed by atoms with E-state index >= 15 is 0 Å². The second kappa shape index (κ2) is 7.08. The zero-order valence-corrected chi connectivity index (χ0v) is 15.9. The number of benzene rings is 1. The van der Waals surface area contributed by atoms with Gasteiger partial charge in [-0.1, -0.05) is 35.9 Å². The molecule has 0 N–H and O–H groups in total. The molecule has 0 unspecified atom stereocenters. The molecule has 0 radical (unpaired) electrons. The van der Waals surface area contributed by atoms with Crippen molar-refractivity contribution in [3.05, 3.63) is 59.7 Å². The molecule has 1 fully saturated rings. The number of hydrogen-bond acceptors (Lipinski definition) is 4. The molecule has 3 aliphatic rings. The van der Waals surface area contributed by atoms with Crippen molar-refractivity contribution in [1.82, 2.24) is 0 Å². The fraction of sp³-hybridized carbons (Fsp3) is 0.478. The fourth-order valence-corrected chi connectivity index (χ4v) is 4.73. The minimum atomic E-state index is -0.740. The lowest BCUT2D eigenvalue weighted by Crippen LogP contribution is -2.47. The van der Waals surface area contributed by atoms with Gasteiger partial charge in [-0.25, -0.2) is 4.79 Å². The largest absolute Gasteiger partial charge is 0.453 e. The van der Waals surface area contributed by atoms with E-state index in [1.54, 1.807) is 18.2 Å². The van der Waals surface area contributed by atoms with Crippen LogP contribution in [-0.4, -0.2) is 29.6 Å². The molecule has 1 aliphatic carbocycles. The maximum absolute atomic E-state index is 12.8. The molecular formula is C23H26O4. The first-order valence-electron chi connectivity index (χ1n) is 9.77. The zero-order valence-electron chi connectivity index (χ0n) is 15.9. The molecule has 142 valence electrons. The van der Waals surface area contributed by atoms with E-state index in [1.807, 2.05) is 31.2 Å².